The summed E-state index contributed by atoms with van der Waals surface area (Å²) in [5, 5.41) is 21.4. The predicted molar refractivity (Wildman–Crippen MR) is 97.5 cm³/mol. The third-order valence-electron chi connectivity index (χ3n) is 4.53. The Balaban J connectivity index is 2.04. The van der Waals surface area contributed by atoms with Gasteiger partial charge in [0, 0.05) is 0 Å². The first kappa shape index (κ1) is 15.1. The van der Waals surface area contributed by atoms with Crippen LogP contribution in [0.5, 0.6) is 11.5 Å². The molecule has 0 aromatic heterocycles. The van der Waals surface area contributed by atoms with Crippen LogP contribution in [-0.4, -0.2) is 10.2 Å². The fourth-order valence-electron chi connectivity index (χ4n) is 3.20. The second kappa shape index (κ2) is 5.27. The first-order chi connectivity index (χ1) is 12.0. The van der Waals surface area contributed by atoms with Crippen molar-refractivity contribution in [2.45, 2.75) is 5.54 Å². The minimum atomic E-state index is -0.826. The summed E-state index contributed by atoms with van der Waals surface area (Å²) < 4.78 is 0. The molecular formula is C20H17N3O2. The molecule has 0 saturated carbocycles. The van der Waals surface area contributed by atoms with E-state index in [4.69, 9.17) is 16.5 Å². The number of fused-ring (bicyclic) bond motifs is 1. The van der Waals surface area contributed by atoms with E-state index in [0.29, 0.717) is 0 Å². The minimum absolute atomic E-state index is 0.0274. The third kappa shape index (κ3) is 2.29. The molecule has 4 rings (SSSR count). The van der Waals surface area contributed by atoms with Gasteiger partial charge < -0.3 is 21.7 Å². The van der Waals surface area contributed by atoms with E-state index in [1.165, 1.54) is 0 Å². The van der Waals surface area contributed by atoms with E-state index in [2.05, 4.69) is 0 Å². The highest BCUT2D eigenvalue weighted by Crippen LogP contribution is 2.40. The molecule has 0 saturated heterocycles. The second-order valence-corrected chi connectivity index (χ2v) is 6.13. The number of anilines is 2. The maximum absolute atomic E-state index is 9.78. The van der Waals surface area contributed by atoms with Crippen molar-refractivity contribution in [1.82, 2.24) is 0 Å². The third-order valence-corrected chi connectivity index (χ3v) is 4.53. The lowest BCUT2D eigenvalue weighted by atomic mass is 9.83. The van der Waals surface area contributed by atoms with Crippen LogP contribution < -0.4 is 22.0 Å². The van der Waals surface area contributed by atoms with Gasteiger partial charge in [-0.05, 0) is 52.8 Å². The summed E-state index contributed by atoms with van der Waals surface area (Å²) in [7, 11) is 0. The first-order valence-electron chi connectivity index (χ1n) is 7.85. The Labute approximate surface area is 144 Å². The lowest BCUT2D eigenvalue weighted by Crippen LogP contribution is -2.22. The number of hydrogen-bond donors (Lipinski definition) is 4. The van der Waals surface area contributed by atoms with E-state index in [0.717, 1.165) is 21.7 Å². The average Bonchev–Trinajstić information content (AvgIpc) is 3.00. The van der Waals surface area contributed by atoms with E-state index in [1.54, 1.807) is 36.4 Å². The van der Waals surface area contributed by atoms with E-state index >= 15 is 0 Å². The minimum Gasteiger partial charge on any atom is -0.506 e. The number of para-hydroxylation sites is 1. The van der Waals surface area contributed by atoms with Crippen LogP contribution in [0.1, 0.15) is 11.1 Å². The van der Waals surface area contributed by atoms with Gasteiger partial charge in [-0.1, -0.05) is 30.3 Å². The van der Waals surface area contributed by atoms with Crippen molar-refractivity contribution < 1.29 is 10.2 Å². The van der Waals surface area contributed by atoms with Gasteiger partial charge in [-0.15, -0.1) is 0 Å². The van der Waals surface area contributed by atoms with E-state index in [9.17, 15) is 10.2 Å². The number of nitrogen functional groups attached to an aromatic ring is 2. The number of aromatic hydroxyl groups is 2. The van der Waals surface area contributed by atoms with Crippen LogP contribution in [0.3, 0.4) is 0 Å². The molecule has 25 heavy (non-hydrogen) atoms. The molecule has 0 radical (unpaired) electrons. The molecule has 0 amide bonds. The van der Waals surface area contributed by atoms with E-state index in [1.807, 2.05) is 30.3 Å². The monoisotopic (exact) mass is 331 g/mol. The van der Waals surface area contributed by atoms with Crippen LogP contribution in [0.2, 0.25) is 0 Å². The maximum atomic E-state index is 9.78. The lowest BCUT2D eigenvalue weighted by molar-refractivity contribution is 0.477. The smallest absolute Gasteiger partial charge is 0.138 e. The number of hydrogen-bond acceptors (Lipinski definition) is 5. The lowest BCUT2D eigenvalue weighted by Gasteiger charge is -2.26. The van der Waals surface area contributed by atoms with Crippen molar-refractivity contribution in [1.29, 1.82) is 0 Å². The zero-order valence-electron chi connectivity index (χ0n) is 13.3. The first-order valence-corrected chi connectivity index (χ1v) is 7.85. The number of phenolic OH excluding ortho intramolecular Hbond substituents is 2. The highest BCUT2D eigenvalue weighted by Gasteiger charge is 2.34. The number of rotatable bonds is 2. The van der Waals surface area contributed by atoms with Crippen molar-refractivity contribution in [2.75, 3.05) is 11.5 Å². The average molecular weight is 331 g/mol. The van der Waals surface area contributed by atoms with Crippen molar-refractivity contribution >= 4 is 17.5 Å². The van der Waals surface area contributed by atoms with Crippen molar-refractivity contribution in [3.8, 4) is 11.5 Å². The Morgan fingerprint density at radius 3 is 1.84 bits per heavy atom. The standard InChI is InChI=1S/C20H17N3O2/c21-15-9-13(5-7-18(15)24)20(14-6-8-19(25)16(22)10-14)11-12-3-1-2-4-17(12)23-20/h1-11,24-25H,21-22H2. The van der Waals surface area contributed by atoms with Gasteiger partial charge >= 0.3 is 0 Å². The Kier molecular flexibility index (Phi) is 3.18. The summed E-state index contributed by atoms with van der Waals surface area (Å²) in [5.41, 5.74) is 13.2. The maximum Gasteiger partial charge on any atom is 0.138 e. The fourth-order valence-corrected chi connectivity index (χ4v) is 3.20. The summed E-state index contributed by atoms with van der Waals surface area (Å²) in [4.78, 5) is 4.94. The molecule has 0 unspecified atom stereocenters. The number of nitrogens with two attached hydrogens (primary N) is 2. The van der Waals surface area contributed by atoms with E-state index < -0.39 is 5.54 Å². The molecule has 0 fully saturated rings. The van der Waals surface area contributed by atoms with Crippen LogP contribution in [-0.2, 0) is 5.54 Å². The molecule has 5 nitrogen and oxygen atoms in total. The molecule has 5 heteroatoms. The highest BCUT2D eigenvalue weighted by atomic mass is 16.3. The van der Waals surface area contributed by atoms with Gasteiger partial charge in [0.15, 0.2) is 0 Å². The summed E-state index contributed by atoms with van der Waals surface area (Å²) in [6, 6.07) is 18.0. The highest BCUT2D eigenvalue weighted by molar-refractivity contribution is 5.66. The van der Waals surface area contributed by atoms with Gasteiger partial charge in [0.05, 0.1) is 16.7 Å². The van der Waals surface area contributed by atoms with Crippen molar-refractivity contribution in [3.05, 3.63) is 82.4 Å². The Bertz CT molecular complexity index is 1020. The normalized spacial score (nSPS) is 14.4. The molecule has 6 N–H and O–H groups in total. The molecule has 1 aliphatic rings. The molecule has 3 aromatic carbocycles. The zero-order chi connectivity index (χ0) is 17.6. The van der Waals surface area contributed by atoms with Gasteiger partial charge in [-0.3, -0.25) is 4.99 Å². The van der Waals surface area contributed by atoms with Crippen LogP contribution in [0.25, 0.3) is 6.08 Å². The summed E-state index contributed by atoms with van der Waals surface area (Å²) >= 11 is 0. The Morgan fingerprint density at radius 2 is 1.32 bits per heavy atom. The Morgan fingerprint density at radius 1 is 0.760 bits per heavy atom. The fraction of sp³-hybridized carbons (Fsp3) is 0.0500. The zero-order valence-corrected chi connectivity index (χ0v) is 13.3. The van der Waals surface area contributed by atoms with Gasteiger partial charge in [-0.2, -0.15) is 0 Å². The molecular weight excluding hydrogens is 314 g/mol. The SMILES string of the molecule is Nc1cc(C2(c3ccc(O)c(N)c3)C=c3ccccc3=N2)ccc1O. The van der Waals surface area contributed by atoms with E-state index in [-0.39, 0.29) is 22.9 Å². The van der Waals surface area contributed by atoms with Gasteiger partial charge in [0.1, 0.15) is 17.0 Å². The molecule has 0 spiro atoms. The van der Waals surface area contributed by atoms with Crippen LogP contribution >= 0.6 is 0 Å². The summed E-state index contributed by atoms with van der Waals surface area (Å²) in [6.45, 7) is 0. The largest absolute Gasteiger partial charge is 0.506 e. The van der Waals surface area contributed by atoms with Crippen LogP contribution in [0.15, 0.2) is 65.7 Å². The van der Waals surface area contributed by atoms with Crippen molar-refractivity contribution in [3.63, 3.8) is 0 Å². The van der Waals surface area contributed by atoms with Crippen LogP contribution in [0, 0.1) is 0 Å². The van der Waals surface area contributed by atoms with Gasteiger partial charge in [0.25, 0.3) is 0 Å². The summed E-state index contributed by atoms with van der Waals surface area (Å²) in [6.07, 6.45) is 2.04. The van der Waals surface area contributed by atoms with Gasteiger partial charge in [-0.25, -0.2) is 0 Å². The van der Waals surface area contributed by atoms with Crippen LogP contribution in [0.4, 0.5) is 11.4 Å². The number of benzene rings is 3. The Hall–Kier alpha value is -3.47. The topological polar surface area (TPSA) is 105 Å². The summed E-state index contributed by atoms with van der Waals surface area (Å²) in [5.74, 6) is 0.0549. The number of nitrogens with zero attached hydrogens (tertiary/aromatic N) is 1. The molecule has 0 atom stereocenters. The molecule has 1 aliphatic heterocycles. The molecule has 0 aliphatic carbocycles. The quantitative estimate of drug-likeness (QED) is 0.423. The molecule has 0 bridgehead atoms. The molecule has 1 heterocycles. The molecule has 124 valence electrons. The predicted octanol–water partition coefficient (Wildman–Crippen LogP) is 1.62. The number of phenols is 2. The van der Waals surface area contributed by atoms with Crippen molar-refractivity contribution in [2.24, 2.45) is 4.99 Å². The van der Waals surface area contributed by atoms with Gasteiger partial charge in [0.2, 0.25) is 0 Å². The molecule has 3 aromatic rings. The second-order valence-electron chi connectivity index (χ2n) is 6.13.